The number of likely N-dealkylation sites (tertiary alicyclic amines) is 1. The molecule has 2 aliphatic rings. The second kappa shape index (κ2) is 7.29. The maximum absolute atomic E-state index is 5.42. The van der Waals surface area contributed by atoms with Crippen LogP contribution < -0.4 is 0 Å². The highest BCUT2D eigenvalue weighted by atomic mass is 16.5. The molecule has 1 aromatic heterocycles. The molecule has 0 saturated carbocycles. The van der Waals surface area contributed by atoms with E-state index in [4.69, 9.17) is 4.74 Å². The predicted octanol–water partition coefficient (Wildman–Crippen LogP) is 1.58. The van der Waals surface area contributed by atoms with Crippen LogP contribution in [0.5, 0.6) is 0 Å². The van der Waals surface area contributed by atoms with Crippen molar-refractivity contribution >= 4 is 0 Å². The van der Waals surface area contributed by atoms with E-state index in [9.17, 15) is 0 Å². The summed E-state index contributed by atoms with van der Waals surface area (Å²) in [4.78, 5) is 13.7. The molecule has 0 radical (unpaired) electrons. The average molecular weight is 290 g/mol. The Labute approximate surface area is 127 Å². The molecular weight excluding hydrogens is 264 g/mol. The molecule has 3 heterocycles. The van der Waals surface area contributed by atoms with E-state index in [1.165, 1.54) is 32.5 Å². The summed E-state index contributed by atoms with van der Waals surface area (Å²) in [5, 5.41) is 0. The minimum Gasteiger partial charge on any atom is -0.379 e. The van der Waals surface area contributed by atoms with Gasteiger partial charge in [-0.05, 0) is 38.8 Å². The SMILES string of the molecule is C[C@H](c1cnccn1)N1CCC(CN2CCOCC2)CC1. The van der Waals surface area contributed by atoms with Crippen LogP contribution in [-0.2, 0) is 4.74 Å². The van der Waals surface area contributed by atoms with Crippen molar-refractivity contribution in [2.45, 2.75) is 25.8 Å². The van der Waals surface area contributed by atoms with Gasteiger partial charge in [-0.1, -0.05) is 0 Å². The molecule has 5 heteroatoms. The standard InChI is InChI=1S/C16H26N4O/c1-14(16-12-17-4-5-18-16)20-6-2-15(3-7-20)13-19-8-10-21-11-9-19/h4-5,12,14-15H,2-3,6-11,13H2,1H3/t14-/m1/s1. The maximum atomic E-state index is 5.42. The highest BCUT2D eigenvalue weighted by Gasteiger charge is 2.25. The van der Waals surface area contributed by atoms with Gasteiger partial charge in [0, 0.05) is 38.2 Å². The van der Waals surface area contributed by atoms with Crippen LogP contribution in [0.25, 0.3) is 0 Å². The second-order valence-electron chi connectivity index (χ2n) is 6.20. The lowest BCUT2D eigenvalue weighted by Gasteiger charge is -2.38. The summed E-state index contributed by atoms with van der Waals surface area (Å²) in [6.45, 7) is 9.86. The van der Waals surface area contributed by atoms with Crippen LogP contribution in [0.3, 0.4) is 0 Å². The molecule has 2 saturated heterocycles. The number of aromatic nitrogens is 2. The Hall–Kier alpha value is -1.04. The van der Waals surface area contributed by atoms with E-state index < -0.39 is 0 Å². The van der Waals surface area contributed by atoms with Crippen molar-refractivity contribution in [3.8, 4) is 0 Å². The van der Waals surface area contributed by atoms with Crippen LogP contribution in [0.1, 0.15) is 31.5 Å². The Morgan fingerprint density at radius 3 is 2.62 bits per heavy atom. The number of rotatable bonds is 4. The van der Waals surface area contributed by atoms with E-state index in [0.29, 0.717) is 6.04 Å². The van der Waals surface area contributed by atoms with Gasteiger partial charge in [0.05, 0.1) is 24.9 Å². The van der Waals surface area contributed by atoms with Crippen LogP contribution in [0.15, 0.2) is 18.6 Å². The van der Waals surface area contributed by atoms with E-state index in [1.807, 2.05) is 6.20 Å². The molecule has 1 atom stereocenters. The molecule has 0 unspecified atom stereocenters. The van der Waals surface area contributed by atoms with E-state index in [-0.39, 0.29) is 0 Å². The van der Waals surface area contributed by atoms with Gasteiger partial charge in [-0.25, -0.2) is 0 Å². The molecule has 0 N–H and O–H groups in total. The fourth-order valence-electron chi connectivity index (χ4n) is 3.39. The van der Waals surface area contributed by atoms with Gasteiger partial charge in [0.25, 0.3) is 0 Å². The van der Waals surface area contributed by atoms with Gasteiger partial charge in [-0.2, -0.15) is 0 Å². The zero-order chi connectivity index (χ0) is 14.5. The summed E-state index contributed by atoms with van der Waals surface area (Å²) in [5.74, 6) is 0.841. The average Bonchev–Trinajstić information content (AvgIpc) is 2.57. The second-order valence-corrected chi connectivity index (χ2v) is 6.20. The Morgan fingerprint density at radius 1 is 1.19 bits per heavy atom. The molecule has 0 amide bonds. The lowest BCUT2D eigenvalue weighted by Crippen LogP contribution is -2.43. The summed E-state index contributed by atoms with van der Waals surface area (Å²) in [6, 6.07) is 0.378. The van der Waals surface area contributed by atoms with Gasteiger partial charge in [-0.15, -0.1) is 0 Å². The van der Waals surface area contributed by atoms with Crippen LogP contribution >= 0.6 is 0 Å². The maximum Gasteiger partial charge on any atom is 0.0755 e. The van der Waals surface area contributed by atoms with Crippen LogP contribution in [0.4, 0.5) is 0 Å². The zero-order valence-electron chi connectivity index (χ0n) is 12.9. The number of hydrogen-bond acceptors (Lipinski definition) is 5. The third-order valence-electron chi connectivity index (χ3n) is 4.83. The Balaban J connectivity index is 1.46. The lowest BCUT2D eigenvalue weighted by molar-refractivity contribution is 0.0225. The first kappa shape index (κ1) is 14.9. The summed E-state index contributed by atoms with van der Waals surface area (Å²) in [7, 11) is 0. The highest BCUT2D eigenvalue weighted by Crippen LogP contribution is 2.25. The van der Waals surface area contributed by atoms with Crippen molar-refractivity contribution in [2.24, 2.45) is 5.92 Å². The minimum absolute atomic E-state index is 0.378. The van der Waals surface area contributed by atoms with Gasteiger partial charge in [0.15, 0.2) is 0 Å². The molecule has 0 spiro atoms. The van der Waals surface area contributed by atoms with Gasteiger partial charge in [0.2, 0.25) is 0 Å². The summed E-state index contributed by atoms with van der Waals surface area (Å²) in [5.41, 5.74) is 1.09. The quantitative estimate of drug-likeness (QED) is 0.842. The van der Waals surface area contributed by atoms with Crippen molar-refractivity contribution in [1.82, 2.24) is 19.8 Å². The molecule has 116 valence electrons. The number of hydrogen-bond donors (Lipinski definition) is 0. The highest BCUT2D eigenvalue weighted by molar-refractivity contribution is 5.01. The van der Waals surface area contributed by atoms with Crippen molar-refractivity contribution in [3.63, 3.8) is 0 Å². The Morgan fingerprint density at radius 2 is 1.95 bits per heavy atom. The van der Waals surface area contributed by atoms with Crippen molar-refractivity contribution < 1.29 is 4.74 Å². The summed E-state index contributed by atoms with van der Waals surface area (Å²) >= 11 is 0. The molecule has 3 rings (SSSR count). The predicted molar refractivity (Wildman–Crippen MR) is 82.0 cm³/mol. The van der Waals surface area contributed by atoms with E-state index in [2.05, 4.69) is 26.7 Å². The van der Waals surface area contributed by atoms with Crippen LogP contribution in [-0.4, -0.2) is 65.7 Å². The molecule has 2 aliphatic heterocycles. The van der Waals surface area contributed by atoms with Crippen molar-refractivity contribution in [2.75, 3.05) is 45.9 Å². The molecular formula is C16H26N4O. The normalized spacial score (nSPS) is 24.0. The van der Waals surface area contributed by atoms with Crippen molar-refractivity contribution in [1.29, 1.82) is 0 Å². The number of nitrogens with zero attached hydrogens (tertiary/aromatic N) is 4. The number of morpholine rings is 1. The van der Waals surface area contributed by atoms with Crippen LogP contribution in [0.2, 0.25) is 0 Å². The molecule has 1 aromatic rings. The van der Waals surface area contributed by atoms with Crippen molar-refractivity contribution in [3.05, 3.63) is 24.3 Å². The summed E-state index contributed by atoms with van der Waals surface area (Å²) < 4.78 is 5.42. The lowest BCUT2D eigenvalue weighted by atomic mass is 9.94. The first-order valence-electron chi connectivity index (χ1n) is 8.13. The molecule has 5 nitrogen and oxygen atoms in total. The van der Waals surface area contributed by atoms with Gasteiger partial charge >= 0.3 is 0 Å². The largest absolute Gasteiger partial charge is 0.379 e. The summed E-state index contributed by atoms with van der Waals surface area (Å²) in [6.07, 6.45) is 8.01. The monoisotopic (exact) mass is 290 g/mol. The fraction of sp³-hybridized carbons (Fsp3) is 0.750. The van der Waals surface area contributed by atoms with Gasteiger partial charge < -0.3 is 4.74 Å². The third-order valence-corrected chi connectivity index (χ3v) is 4.83. The third kappa shape index (κ3) is 3.99. The molecule has 21 heavy (non-hydrogen) atoms. The first-order chi connectivity index (χ1) is 10.3. The molecule has 0 aliphatic carbocycles. The zero-order valence-corrected chi connectivity index (χ0v) is 12.9. The van der Waals surface area contributed by atoms with E-state index in [1.54, 1.807) is 12.4 Å². The first-order valence-corrected chi connectivity index (χ1v) is 8.13. The number of ether oxygens (including phenoxy) is 1. The van der Waals surface area contributed by atoms with E-state index in [0.717, 1.165) is 37.9 Å². The fourth-order valence-corrected chi connectivity index (χ4v) is 3.39. The Bertz CT molecular complexity index is 414. The number of piperidine rings is 1. The topological polar surface area (TPSA) is 41.5 Å². The molecule has 0 bridgehead atoms. The molecule has 2 fully saturated rings. The van der Waals surface area contributed by atoms with Crippen LogP contribution in [0, 0.1) is 5.92 Å². The minimum atomic E-state index is 0.378. The Kier molecular flexibility index (Phi) is 5.17. The smallest absolute Gasteiger partial charge is 0.0755 e. The van der Waals surface area contributed by atoms with Gasteiger partial charge in [0.1, 0.15) is 0 Å². The van der Waals surface area contributed by atoms with E-state index >= 15 is 0 Å². The van der Waals surface area contributed by atoms with Gasteiger partial charge in [-0.3, -0.25) is 19.8 Å². The molecule has 0 aromatic carbocycles.